The van der Waals surface area contributed by atoms with Crippen LogP contribution in [0.1, 0.15) is 55.6 Å². The van der Waals surface area contributed by atoms with E-state index in [1.807, 2.05) is 22.7 Å². The summed E-state index contributed by atoms with van der Waals surface area (Å²) in [7, 11) is 0. The molecule has 2 nitrogen and oxygen atoms in total. The Hall–Kier alpha value is -10.6. The molecule has 0 radical (unpaired) electrons. The molecule has 0 atom stereocenters. The fourth-order valence-electron chi connectivity index (χ4n) is 15.7. The fourth-order valence-corrected chi connectivity index (χ4v) is 18.1. The van der Waals surface area contributed by atoms with Crippen molar-refractivity contribution in [2.45, 2.75) is 24.7 Å². The lowest BCUT2D eigenvalue weighted by molar-refractivity contribution is 0.768. The Morgan fingerprint density at radius 2 is 0.567 bits per heavy atom. The number of hydrogen-bond acceptors (Lipinski definition) is 4. The Bertz CT molecular complexity index is 5130. The van der Waals surface area contributed by atoms with E-state index in [9.17, 15) is 0 Å². The van der Waals surface area contributed by atoms with Crippen molar-refractivity contribution in [2.24, 2.45) is 0 Å². The molecule has 16 aromatic rings. The highest BCUT2D eigenvalue weighted by atomic mass is 32.1. The quantitative estimate of drug-likeness (QED) is 0.135. The van der Waals surface area contributed by atoms with Crippen molar-refractivity contribution in [1.82, 2.24) is 0 Å². The summed E-state index contributed by atoms with van der Waals surface area (Å²) in [6, 6.07) is 119. The highest BCUT2D eigenvalue weighted by molar-refractivity contribution is 7.26. The number of hydrogen-bond donors (Lipinski definition) is 0. The van der Waals surface area contributed by atoms with Crippen LogP contribution >= 0.6 is 22.7 Å². The SMILES string of the molecule is Cc1ccccc1N(c1cccc(C2(c3ccccc3)c3ccccc3-c3ccccc32)c1)c1ccc2c(c1)sc1cc3cc4sc5cc(N(c6cccc(C7(c8ccccc8)c8ccccc8-c8ccccc87)c6)c6ccccc6C)ccc5c4cc3cc12. The van der Waals surface area contributed by atoms with Gasteiger partial charge in [-0.1, -0.05) is 231 Å². The van der Waals surface area contributed by atoms with Crippen LogP contribution in [0.5, 0.6) is 0 Å². The molecule has 14 aromatic carbocycles. The monoisotopic (exact) mass is 1180 g/mol. The van der Waals surface area contributed by atoms with E-state index < -0.39 is 10.8 Å². The number of aryl methyl sites for hydroxylation is 2. The van der Waals surface area contributed by atoms with Crippen molar-refractivity contribution in [3.8, 4) is 22.3 Å². The van der Waals surface area contributed by atoms with Crippen LogP contribution in [0.15, 0.2) is 315 Å². The number of nitrogens with zero attached hydrogens (tertiary/aromatic N) is 2. The third-order valence-corrected chi connectivity index (χ3v) is 21.8. The van der Waals surface area contributed by atoms with Crippen LogP contribution < -0.4 is 9.80 Å². The standard InChI is InChI=1S/C86H58N2S2/c1-55-23-9-19-41-79(55)87(63-31-21-29-61(51-63)85(59-25-5-3-6-26-59)75-37-15-11-33-67(75)68-34-12-16-38-76(68)85)65-43-45-71-73-47-57-48-74-72-46-44-66(54-84(72)90-82(74)50-58(57)49-81(73)89-83(71)53-65)88(80-42-20-10-24-56(80)2)64-32-22-30-62(52-64)86(60-27-7-4-8-28-60)77-39-17-13-35-69(77)70-36-14-18-40-78(70)86/h3-54H,1-2H3. The molecule has 2 aromatic heterocycles. The Morgan fingerprint density at radius 1 is 0.244 bits per heavy atom. The van der Waals surface area contributed by atoms with Gasteiger partial charge in [0.2, 0.25) is 0 Å². The second kappa shape index (κ2) is 20.5. The van der Waals surface area contributed by atoms with Crippen LogP contribution in [0.3, 0.4) is 0 Å². The highest BCUT2D eigenvalue weighted by Gasteiger charge is 2.47. The van der Waals surface area contributed by atoms with Gasteiger partial charge in [-0.05, 0) is 187 Å². The second-order valence-electron chi connectivity index (χ2n) is 24.4. The van der Waals surface area contributed by atoms with Crippen molar-refractivity contribution >= 4 is 108 Å². The topological polar surface area (TPSA) is 6.48 Å². The maximum absolute atomic E-state index is 2.47. The summed E-state index contributed by atoms with van der Waals surface area (Å²) in [6.07, 6.45) is 0. The number of fused-ring (bicyclic) bond motifs is 13. The summed E-state index contributed by atoms with van der Waals surface area (Å²) in [5.74, 6) is 0. The molecule has 90 heavy (non-hydrogen) atoms. The fraction of sp³-hybridized carbons (Fsp3) is 0.0465. The van der Waals surface area contributed by atoms with Gasteiger partial charge < -0.3 is 9.80 Å². The molecular formula is C86H58N2S2. The van der Waals surface area contributed by atoms with Gasteiger partial charge >= 0.3 is 0 Å². The first-order valence-corrected chi connectivity index (χ1v) is 32.8. The minimum Gasteiger partial charge on any atom is -0.310 e. The number of benzene rings is 14. The molecule has 4 heteroatoms. The number of anilines is 6. The predicted molar refractivity (Wildman–Crippen MR) is 383 cm³/mol. The van der Waals surface area contributed by atoms with Crippen molar-refractivity contribution in [2.75, 3.05) is 9.80 Å². The van der Waals surface area contributed by atoms with Crippen LogP contribution in [-0.4, -0.2) is 0 Å². The Kier molecular flexibility index (Phi) is 11.9. The van der Waals surface area contributed by atoms with Crippen molar-refractivity contribution < 1.29 is 0 Å². The molecule has 0 bridgehead atoms. The number of thiophene rings is 2. The average molecular weight is 1180 g/mol. The summed E-state index contributed by atoms with van der Waals surface area (Å²) in [4.78, 5) is 4.95. The van der Waals surface area contributed by atoms with Gasteiger partial charge in [0.25, 0.3) is 0 Å². The first-order valence-electron chi connectivity index (χ1n) is 31.1. The maximum atomic E-state index is 2.47. The smallest absolute Gasteiger partial charge is 0.0714 e. The molecule has 0 spiro atoms. The van der Waals surface area contributed by atoms with Crippen LogP contribution in [0, 0.1) is 13.8 Å². The molecule has 0 saturated carbocycles. The van der Waals surface area contributed by atoms with Gasteiger partial charge in [-0.3, -0.25) is 0 Å². The van der Waals surface area contributed by atoms with Crippen molar-refractivity contribution in [1.29, 1.82) is 0 Å². The van der Waals surface area contributed by atoms with Gasteiger partial charge in [0.15, 0.2) is 0 Å². The van der Waals surface area contributed by atoms with E-state index in [2.05, 4.69) is 339 Å². The molecule has 2 aliphatic rings. The van der Waals surface area contributed by atoms with Crippen LogP contribution in [0.4, 0.5) is 34.1 Å². The molecule has 18 rings (SSSR count). The Labute approximate surface area is 532 Å². The average Bonchev–Trinajstić information content (AvgIpc) is 1.55. The van der Waals surface area contributed by atoms with E-state index in [1.165, 1.54) is 129 Å². The van der Waals surface area contributed by atoms with E-state index in [1.54, 1.807) is 0 Å². The van der Waals surface area contributed by atoms with Crippen molar-refractivity contribution in [3.63, 3.8) is 0 Å². The lowest BCUT2D eigenvalue weighted by atomic mass is 9.67. The zero-order valence-electron chi connectivity index (χ0n) is 49.7. The number of para-hydroxylation sites is 2. The third-order valence-electron chi connectivity index (χ3n) is 19.6. The summed E-state index contributed by atoms with van der Waals surface area (Å²) >= 11 is 3.78. The molecule has 2 heterocycles. The summed E-state index contributed by atoms with van der Waals surface area (Å²) in [5.41, 5.74) is 23.7. The zero-order chi connectivity index (χ0) is 59.7. The summed E-state index contributed by atoms with van der Waals surface area (Å²) < 4.78 is 5.12. The van der Waals surface area contributed by atoms with Gasteiger partial charge in [0.1, 0.15) is 0 Å². The first kappa shape index (κ1) is 52.5. The van der Waals surface area contributed by atoms with Crippen molar-refractivity contribution in [3.05, 3.63) is 371 Å². The van der Waals surface area contributed by atoms with E-state index in [0.717, 1.165) is 34.1 Å². The molecule has 424 valence electrons. The minimum absolute atomic E-state index is 0.509. The molecule has 0 fully saturated rings. The Morgan fingerprint density at radius 3 is 0.967 bits per heavy atom. The molecule has 0 N–H and O–H groups in total. The van der Waals surface area contributed by atoms with Crippen LogP contribution in [0.25, 0.3) is 73.4 Å². The van der Waals surface area contributed by atoms with Gasteiger partial charge in [0.05, 0.1) is 10.8 Å². The van der Waals surface area contributed by atoms with Crippen LogP contribution in [0.2, 0.25) is 0 Å². The molecule has 0 aliphatic heterocycles. The zero-order valence-corrected chi connectivity index (χ0v) is 51.4. The predicted octanol–water partition coefficient (Wildman–Crippen LogP) is 23.9. The van der Waals surface area contributed by atoms with E-state index in [0.29, 0.717) is 0 Å². The molecule has 2 aliphatic carbocycles. The third kappa shape index (κ3) is 7.75. The first-order chi connectivity index (χ1) is 44.4. The van der Waals surface area contributed by atoms with Crippen LogP contribution in [-0.2, 0) is 10.8 Å². The molecular weight excluding hydrogens is 1130 g/mol. The molecule has 0 unspecified atom stereocenters. The molecule has 0 saturated heterocycles. The molecule has 0 amide bonds. The lowest BCUT2D eigenvalue weighted by Crippen LogP contribution is -2.28. The Balaban J connectivity index is 0.738. The lowest BCUT2D eigenvalue weighted by Gasteiger charge is -2.35. The summed E-state index contributed by atoms with van der Waals surface area (Å²) in [6.45, 7) is 4.46. The van der Waals surface area contributed by atoms with E-state index in [-0.39, 0.29) is 0 Å². The second-order valence-corrected chi connectivity index (χ2v) is 26.5. The highest BCUT2D eigenvalue weighted by Crippen LogP contribution is 2.59. The van der Waals surface area contributed by atoms with E-state index in [4.69, 9.17) is 0 Å². The minimum atomic E-state index is -0.509. The summed E-state index contributed by atoms with van der Waals surface area (Å²) in [5, 5.41) is 7.64. The largest absolute Gasteiger partial charge is 0.310 e. The van der Waals surface area contributed by atoms with Gasteiger partial charge in [-0.15, -0.1) is 22.7 Å². The normalized spacial score (nSPS) is 13.4. The van der Waals surface area contributed by atoms with Gasteiger partial charge in [-0.2, -0.15) is 0 Å². The maximum Gasteiger partial charge on any atom is 0.0714 e. The van der Waals surface area contributed by atoms with Gasteiger partial charge in [-0.25, -0.2) is 0 Å². The van der Waals surface area contributed by atoms with Gasteiger partial charge in [0, 0.05) is 74.5 Å². The van der Waals surface area contributed by atoms with E-state index >= 15 is 0 Å². The number of rotatable bonds is 10.